The van der Waals surface area contributed by atoms with Gasteiger partial charge in [-0.15, -0.1) is 0 Å². The van der Waals surface area contributed by atoms with Crippen molar-refractivity contribution < 1.29 is 13.9 Å². The number of halogens is 2. The van der Waals surface area contributed by atoms with Crippen LogP contribution in [0.2, 0.25) is 0 Å². The molecular formula is C13H14BrFN2O2. The lowest BCUT2D eigenvalue weighted by Gasteiger charge is -2.10. The van der Waals surface area contributed by atoms with E-state index in [0.29, 0.717) is 26.7 Å². The van der Waals surface area contributed by atoms with Crippen LogP contribution in [0.5, 0.6) is 5.75 Å². The van der Waals surface area contributed by atoms with Crippen molar-refractivity contribution in [3.63, 3.8) is 0 Å². The Morgan fingerprint density at radius 1 is 1.58 bits per heavy atom. The summed E-state index contributed by atoms with van der Waals surface area (Å²) < 4.78 is 21.5. The normalized spacial score (nSPS) is 12.7. The van der Waals surface area contributed by atoms with Crippen molar-refractivity contribution in [2.45, 2.75) is 12.8 Å². The monoisotopic (exact) mass is 328 g/mol. The van der Waals surface area contributed by atoms with Gasteiger partial charge in [0.2, 0.25) is 5.91 Å². The fraction of sp³-hybridized carbons (Fsp3) is 0.308. The first-order valence-corrected chi connectivity index (χ1v) is 6.48. The van der Waals surface area contributed by atoms with Gasteiger partial charge in [-0.3, -0.25) is 4.79 Å². The molecule has 1 aromatic carbocycles. The number of rotatable bonds is 3. The second-order valence-corrected chi connectivity index (χ2v) is 5.27. The minimum absolute atomic E-state index is 0.381. The molecule has 1 amide bonds. The van der Waals surface area contributed by atoms with E-state index in [9.17, 15) is 9.18 Å². The van der Waals surface area contributed by atoms with Crippen LogP contribution in [0.3, 0.4) is 0 Å². The maximum Gasteiger partial charge on any atom is 0.224 e. The molecule has 0 aliphatic heterocycles. The van der Waals surface area contributed by atoms with E-state index < -0.39 is 11.8 Å². The lowest BCUT2D eigenvalue weighted by atomic mass is 9.99. The fourth-order valence-corrected chi connectivity index (χ4v) is 2.78. The van der Waals surface area contributed by atoms with Gasteiger partial charge in [-0.2, -0.15) is 0 Å². The zero-order chi connectivity index (χ0) is 14.3. The van der Waals surface area contributed by atoms with E-state index in [1.807, 2.05) is 0 Å². The van der Waals surface area contributed by atoms with Gasteiger partial charge in [0.1, 0.15) is 11.6 Å². The number of hydrogen-bond donors (Lipinski definition) is 1. The van der Waals surface area contributed by atoms with E-state index in [-0.39, 0.29) is 5.82 Å². The Bertz CT molecular complexity index is 666. The molecule has 1 atom stereocenters. The highest BCUT2D eigenvalue weighted by atomic mass is 79.9. The van der Waals surface area contributed by atoms with Crippen molar-refractivity contribution in [2.75, 3.05) is 7.11 Å². The van der Waals surface area contributed by atoms with Gasteiger partial charge >= 0.3 is 0 Å². The Hall–Kier alpha value is -1.56. The van der Waals surface area contributed by atoms with Gasteiger partial charge in [-0.25, -0.2) is 4.39 Å². The molecule has 2 N–H and O–H groups in total. The van der Waals surface area contributed by atoms with Gasteiger partial charge in [0.15, 0.2) is 0 Å². The summed E-state index contributed by atoms with van der Waals surface area (Å²) in [5.74, 6) is -0.866. The number of aryl methyl sites for hydroxylation is 1. The number of carbonyl (C=O) groups excluding carboxylic acids is 1. The van der Waals surface area contributed by atoms with Crippen LogP contribution in [-0.2, 0) is 11.8 Å². The van der Waals surface area contributed by atoms with E-state index in [1.54, 1.807) is 24.7 Å². The van der Waals surface area contributed by atoms with Crippen molar-refractivity contribution in [1.29, 1.82) is 0 Å². The minimum Gasteiger partial charge on any atom is -0.495 e. The SMILES string of the molecule is COc1c(Br)cc(F)c2c1c(C(C)C(N)=O)cn2C. The molecule has 0 saturated carbocycles. The topological polar surface area (TPSA) is 57.2 Å². The molecule has 0 bridgehead atoms. The first-order valence-electron chi connectivity index (χ1n) is 5.68. The third-order valence-electron chi connectivity index (χ3n) is 3.23. The van der Waals surface area contributed by atoms with E-state index >= 15 is 0 Å². The second-order valence-electron chi connectivity index (χ2n) is 4.42. The minimum atomic E-state index is -0.522. The molecule has 0 aliphatic carbocycles. The molecule has 1 aromatic heterocycles. The number of nitrogens with zero attached hydrogens (tertiary/aromatic N) is 1. The Kier molecular flexibility index (Phi) is 3.54. The highest BCUT2D eigenvalue weighted by Gasteiger charge is 2.23. The van der Waals surface area contributed by atoms with E-state index in [0.717, 1.165) is 0 Å². The Labute approximate surface area is 118 Å². The summed E-state index contributed by atoms with van der Waals surface area (Å²) in [5.41, 5.74) is 6.39. The van der Waals surface area contributed by atoms with Crippen LogP contribution in [0.1, 0.15) is 18.4 Å². The molecule has 2 rings (SSSR count). The van der Waals surface area contributed by atoms with Gasteiger partial charge in [-0.1, -0.05) is 0 Å². The molecule has 2 aromatic rings. The van der Waals surface area contributed by atoms with Gasteiger partial charge in [0.25, 0.3) is 0 Å². The summed E-state index contributed by atoms with van der Waals surface area (Å²) in [4.78, 5) is 11.4. The molecule has 0 fully saturated rings. The summed E-state index contributed by atoms with van der Waals surface area (Å²) >= 11 is 3.27. The highest BCUT2D eigenvalue weighted by Crippen LogP contribution is 2.40. The van der Waals surface area contributed by atoms with Gasteiger partial charge in [-0.05, 0) is 34.5 Å². The Morgan fingerprint density at radius 3 is 2.74 bits per heavy atom. The first-order chi connectivity index (χ1) is 8.88. The fourth-order valence-electron chi connectivity index (χ4n) is 2.22. The number of amides is 1. The third-order valence-corrected chi connectivity index (χ3v) is 3.82. The molecule has 0 aliphatic rings. The number of carbonyl (C=O) groups is 1. The number of nitrogens with two attached hydrogens (primary N) is 1. The van der Waals surface area contributed by atoms with Crippen molar-refractivity contribution in [1.82, 2.24) is 4.57 Å². The van der Waals surface area contributed by atoms with Crippen molar-refractivity contribution in [3.8, 4) is 5.75 Å². The molecule has 0 radical (unpaired) electrons. The van der Waals surface area contributed by atoms with Crippen LogP contribution in [-0.4, -0.2) is 17.6 Å². The highest BCUT2D eigenvalue weighted by molar-refractivity contribution is 9.10. The predicted octanol–water partition coefficient (Wildman–Crippen LogP) is 2.68. The number of primary amides is 1. The van der Waals surface area contributed by atoms with Crippen LogP contribution < -0.4 is 10.5 Å². The maximum absolute atomic E-state index is 14.1. The quantitative estimate of drug-likeness (QED) is 0.941. The summed E-state index contributed by atoms with van der Waals surface area (Å²) in [5, 5.41) is 0.572. The van der Waals surface area contributed by atoms with Gasteiger partial charge < -0.3 is 15.0 Å². The summed E-state index contributed by atoms with van der Waals surface area (Å²) in [6.45, 7) is 1.69. The number of ether oxygens (including phenoxy) is 1. The van der Waals surface area contributed by atoms with Crippen LogP contribution in [0.15, 0.2) is 16.7 Å². The van der Waals surface area contributed by atoms with Crippen molar-refractivity contribution >= 4 is 32.7 Å². The van der Waals surface area contributed by atoms with E-state index in [1.165, 1.54) is 13.2 Å². The average molecular weight is 329 g/mol. The molecule has 1 heterocycles. The van der Waals surface area contributed by atoms with Crippen molar-refractivity contribution in [3.05, 3.63) is 28.1 Å². The van der Waals surface area contributed by atoms with Crippen LogP contribution in [0.25, 0.3) is 10.9 Å². The summed E-state index contributed by atoms with van der Waals surface area (Å²) in [7, 11) is 3.22. The number of benzene rings is 1. The van der Waals surface area contributed by atoms with Gasteiger partial charge in [0, 0.05) is 18.6 Å². The molecule has 0 saturated heterocycles. The van der Waals surface area contributed by atoms with Gasteiger partial charge in [0.05, 0.1) is 23.0 Å². The maximum atomic E-state index is 14.1. The van der Waals surface area contributed by atoms with Crippen LogP contribution in [0, 0.1) is 5.82 Å². The number of methoxy groups -OCH3 is 1. The first kappa shape index (κ1) is 13.9. The molecule has 6 heteroatoms. The lowest BCUT2D eigenvalue weighted by Crippen LogP contribution is -2.18. The molecule has 102 valence electrons. The number of aromatic nitrogens is 1. The van der Waals surface area contributed by atoms with E-state index in [2.05, 4.69) is 15.9 Å². The zero-order valence-corrected chi connectivity index (χ0v) is 12.4. The molecule has 0 spiro atoms. The van der Waals surface area contributed by atoms with E-state index in [4.69, 9.17) is 10.5 Å². The molecular weight excluding hydrogens is 315 g/mol. The van der Waals surface area contributed by atoms with Crippen LogP contribution >= 0.6 is 15.9 Å². The second kappa shape index (κ2) is 4.85. The Morgan fingerprint density at radius 2 is 2.21 bits per heavy atom. The number of hydrogen-bond acceptors (Lipinski definition) is 2. The Balaban J connectivity index is 2.90. The lowest BCUT2D eigenvalue weighted by molar-refractivity contribution is -0.119. The molecule has 1 unspecified atom stereocenters. The standard InChI is InChI=1S/C13H14BrFN2O2/c1-6(13(16)18)7-5-17(2)11-9(15)4-8(14)12(19-3)10(7)11/h4-6H,1-3H3,(H2,16,18). The van der Waals surface area contributed by atoms with Crippen LogP contribution in [0.4, 0.5) is 4.39 Å². The summed E-state index contributed by atoms with van der Waals surface area (Å²) in [6, 6.07) is 1.35. The number of fused-ring (bicyclic) bond motifs is 1. The third kappa shape index (κ3) is 2.10. The predicted molar refractivity (Wildman–Crippen MR) is 74.7 cm³/mol. The average Bonchev–Trinajstić information content (AvgIpc) is 2.66. The molecule has 4 nitrogen and oxygen atoms in total. The van der Waals surface area contributed by atoms with Crippen molar-refractivity contribution in [2.24, 2.45) is 12.8 Å². The molecule has 19 heavy (non-hydrogen) atoms. The summed E-state index contributed by atoms with van der Waals surface area (Å²) in [6.07, 6.45) is 1.71. The largest absolute Gasteiger partial charge is 0.495 e. The zero-order valence-electron chi connectivity index (χ0n) is 10.8. The smallest absolute Gasteiger partial charge is 0.224 e.